The number of aliphatic imine (C=N–C) groups is 1. The molecule has 0 saturated heterocycles. The maximum atomic E-state index is 5.16. The minimum atomic E-state index is 0.470. The number of nitrogens with zero attached hydrogens (tertiary/aromatic N) is 1. The molecule has 0 spiro atoms. The second-order valence-corrected chi connectivity index (χ2v) is 3.38. The number of rotatable bonds is 1. The van der Waals surface area contributed by atoms with Crippen molar-refractivity contribution in [2.24, 2.45) is 10.9 Å². The zero-order chi connectivity index (χ0) is 10.2. The van der Waals surface area contributed by atoms with E-state index in [1.807, 2.05) is 36.4 Å². The lowest BCUT2D eigenvalue weighted by Gasteiger charge is -2.01. The van der Waals surface area contributed by atoms with Crippen molar-refractivity contribution in [3.05, 3.63) is 36.4 Å². The largest absolute Gasteiger partial charge is 0.479 e. The Morgan fingerprint density at radius 2 is 1.57 bits per heavy atom. The molecule has 2 nitrogen and oxygen atoms in total. The third-order valence-electron chi connectivity index (χ3n) is 1.77. The molecular weight excluding hydrogens is 174 g/mol. The van der Waals surface area contributed by atoms with Gasteiger partial charge in [-0.15, -0.1) is 0 Å². The summed E-state index contributed by atoms with van der Waals surface area (Å²) >= 11 is 0. The Morgan fingerprint density at radius 1 is 1.07 bits per heavy atom. The van der Waals surface area contributed by atoms with Crippen LogP contribution in [0.3, 0.4) is 0 Å². The van der Waals surface area contributed by atoms with Crippen LogP contribution in [0.15, 0.2) is 41.4 Å². The summed E-state index contributed by atoms with van der Waals surface area (Å²) in [5, 5.41) is 0. The van der Waals surface area contributed by atoms with Gasteiger partial charge >= 0.3 is 0 Å². The molecule has 14 heavy (non-hydrogen) atoms. The Balaban J connectivity index is 0.000000146. The molecule has 0 saturated carbocycles. The van der Waals surface area contributed by atoms with Crippen molar-refractivity contribution in [3.8, 4) is 0 Å². The van der Waals surface area contributed by atoms with Crippen LogP contribution in [0.4, 0.5) is 0 Å². The van der Waals surface area contributed by atoms with Crippen molar-refractivity contribution in [3.63, 3.8) is 0 Å². The Morgan fingerprint density at radius 3 is 1.79 bits per heavy atom. The molecule has 2 rings (SSSR count). The molecule has 1 aromatic rings. The first-order valence-electron chi connectivity index (χ1n) is 4.98. The van der Waals surface area contributed by atoms with Gasteiger partial charge in [0, 0.05) is 5.92 Å². The van der Waals surface area contributed by atoms with E-state index < -0.39 is 0 Å². The topological polar surface area (TPSA) is 21.6 Å². The van der Waals surface area contributed by atoms with Crippen LogP contribution in [0.1, 0.15) is 13.8 Å². The van der Waals surface area contributed by atoms with E-state index in [0.29, 0.717) is 5.92 Å². The lowest BCUT2D eigenvalue weighted by molar-refractivity contribution is 0.328. The average Bonchev–Trinajstić information content (AvgIpc) is 2.74. The van der Waals surface area contributed by atoms with Crippen LogP contribution in [0, 0.1) is 5.92 Å². The summed E-state index contributed by atoms with van der Waals surface area (Å²) in [5.74, 6) is 1.39. The molecule has 0 N–H and O–H groups in total. The van der Waals surface area contributed by atoms with Gasteiger partial charge in [-0.1, -0.05) is 50.2 Å². The molecule has 0 radical (unpaired) electrons. The molecule has 0 amide bonds. The fourth-order valence-corrected chi connectivity index (χ4v) is 1.09. The molecule has 0 atom stereocenters. The third kappa shape index (κ3) is 4.08. The predicted molar refractivity (Wildman–Crippen MR) is 59.5 cm³/mol. The average molecular weight is 191 g/mol. The molecule has 0 unspecified atom stereocenters. The molecule has 0 bridgehead atoms. The predicted octanol–water partition coefficient (Wildman–Crippen LogP) is 2.76. The number of ether oxygens (including phenoxy) is 1. The summed E-state index contributed by atoms with van der Waals surface area (Å²) in [6, 6.07) is 12.0. The first kappa shape index (κ1) is 10.8. The second-order valence-electron chi connectivity index (χ2n) is 3.38. The Hall–Kier alpha value is -1.31. The fourth-order valence-electron chi connectivity index (χ4n) is 1.09. The van der Waals surface area contributed by atoms with Crippen LogP contribution in [-0.2, 0) is 4.74 Å². The minimum Gasteiger partial charge on any atom is -0.479 e. The van der Waals surface area contributed by atoms with E-state index >= 15 is 0 Å². The Labute approximate surface area is 85.6 Å². The molecule has 76 valence electrons. The standard InChI is InChI=1S/C6H11NO.C6H6/c1-5(2)6-7-3-4-8-6;1-2-4-6-5-3-1/h5H,3-4H2,1-2H3;1-6H. The Bertz CT molecular complexity index is 240. The molecular formula is C12H17NO. The van der Waals surface area contributed by atoms with Gasteiger partial charge in [0.05, 0.1) is 6.54 Å². The summed E-state index contributed by atoms with van der Waals surface area (Å²) in [5.41, 5.74) is 0. The van der Waals surface area contributed by atoms with Gasteiger partial charge in [-0.3, -0.25) is 4.99 Å². The molecule has 1 aliphatic heterocycles. The second kappa shape index (κ2) is 6.19. The lowest BCUT2D eigenvalue weighted by atomic mass is 10.2. The van der Waals surface area contributed by atoms with Gasteiger partial charge in [0.2, 0.25) is 0 Å². The van der Waals surface area contributed by atoms with E-state index in [0.717, 1.165) is 19.0 Å². The van der Waals surface area contributed by atoms with Crippen molar-refractivity contribution >= 4 is 5.90 Å². The Kier molecular flexibility index (Phi) is 4.76. The monoisotopic (exact) mass is 191 g/mol. The summed E-state index contributed by atoms with van der Waals surface area (Å²) in [6.07, 6.45) is 0. The fraction of sp³-hybridized carbons (Fsp3) is 0.417. The van der Waals surface area contributed by atoms with Gasteiger partial charge in [-0.25, -0.2) is 0 Å². The first-order chi connectivity index (χ1) is 6.80. The van der Waals surface area contributed by atoms with Crippen molar-refractivity contribution < 1.29 is 4.74 Å². The van der Waals surface area contributed by atoms with Gasteiger partial charge in [-0.05, 0) is 0 Å². The van der Waals surface area contributed by atoms with E-state index in [2.05, 4.69) is 18.8 Å². The van der Waals surface area contributed by atoms with Crippen LogP contribution in [0.5, 0.6) is 0 Å². The highest BCUT2D eigenvalue weighted by atomic mass is 16.5. The molecule has 0 aromatic heterocycles. The zero-order valence-corrected chi connectivity index (χ0v) is 8.81. The van der Waals surface area contributed by atoms with Gasteiger partial charge < -0.3 is 4.74 Å². The van der Waals surface area contributed by atoms with E-state index in [1.165, 1.54) is 0 Å². The smallest absolute Gasteiger partial charge is 0.186 e. The van der Waals surface area contributed by atoms with E-state index in [-0.39, 0.29) is 0 Å². The highest BCUT2D eigenvalue weighted by Crippen LogP contribution is 2.03. The van der Waals surface area contributed by atoms with Gasteiger partial charge in [0.15, 0.2) is 5.90 Å². The number of benzene rings is 1. The van der Waals surface area contributed by atoms with Crippen LogP contribution in [0.25, 0.3) is 0 Å². The van der Waals surface area contributed by atoms with Crippen molar-refractivity contribution in [2.75, 3.05) is 13.2 Å². The van der Waals surface area contributed by atoms with E-state index in [4.69, 9.17) is 4.74 Å². The van der Waals surface area contributed by atoms with E-state index in [1.54, 1.807) is 0 Å². The zero-order valence-electron chi connectivity index (χ0n) is 8.81. The number of hydrogen-bond donors (Lipinski definition) is 0. The van der Waals surface area contributed by atoms with Gasteiger partial charge in [-0.2, -0.15) is 0 Å². The highest BCUT2D eigenvalue weighted by Gasteiger charge is 2.09. The van der Waals surface area contributed by atoms with Crippen LogP contribution in [0.2, 0.25) is 0 Å². The molecule has 1 aliphatic rings. The molecule has 1 heterocycles. The summed E-state index contributed by atoms with van der Waals surface area (Å²) in [4.78, 5) is 4.13. The maximum absolute atomic E-state index is 5.16. The lowest BCUT2D eigenvalue weighted by Crippen LogP contribution is -2.06. The van der Waals surface area contributed by atoms with Crippen molar-refractivity contribution in [2.45, 2.75) is 13.8 Å². The first-order valence-corrected chi connectivity index (χ1v) is 4.98. The molecule has 0 fully saturated rings. The SMILES string of the molecule is CC(C)C1=NCCO1.c1ccccc1. The van der Waals surface area contributed by atoms with Crippen molar-refractivity contribution in [1.82, 2.24) is 0 Å². The summed E-state index contributed by atoms with van der Waals surface area (Å²) in [6.45, 7) is 5.81. The normalized spacial score (nSPS) is 14.1. The van der Waals surface area contributed by atoms with E-state index in [9.17, 15) is 0 Å². The molecule has 2 heteroatoms. The van der Waals surface area contributed by atoms with Crippen molar-refractivity contribution in [1.29, 1.82) is 0 Å². The van der Waals surface area contributed by atoms with Gasteiger partial charge in [0.25, 0.3) is 0 Å². The quantitative estimate of drug-likeness (QED) is 0.669. The number of hydrogen-bond acceptors (Lipinski definition) is 2. The summed E-state index contributed by atoms with van der Waals surface area (Å²) in [7, 11) is 0. The third-order valence-corrected chi connectivity index (χ3v) is 1.77. The van der Waals surface area contributed by atoms with Gasteiger partial charge in [0.1, 0.15) is 6.61 Å². The molecule has 1 aromatic carbocycles. The van der Waals surface area contributed by atoms with Crippen LogP contribution in [-0.4, -0.2) is 19.0 Å². The highest BCUT2D eigenvalue weighted by molar-refractivity contribution is 5.79. The minimum absolute atomic E-state index is 0.470. The van der Waals surface area contributed by atoms with Crippen LogP contribution >= 0.6 is 0 Å². The van der Waals surface area contributed by atoms with Crippen LogP contribution < -0.4 is 0 Å². The maximum Gasteiger partial charge on any atom is 0.186 e. The summed E-state index contributed by atoms with van der Waals surface area (Å²) < 4.78 is 5.16. The molecule has 0 aliphatic carbocycles.